The number of methoxy groups -OCH3 is 1. The first-order chi connectivity index (χ1) is 9.49. The van der Waals surface area contributed by atoms with Gasteiger partial charge in [-0.25, -0.2) is 12.8 Å². The smallest absolute Gasteiger partial charge is 0.178 e. The van der Waals surface area contributed by atoms with Gasteiger partial charge in [-0.1, -0.05) is 0 Å². The van der Waals surface area contributed by atoms with Crippen molar-refractivity contribution < 1.29 is 17.5 Å². The second-order valence-electron chi connectivity index (χ2n) is 5.53. The largest absolute Gasteiger partial charge is 0.381 e. The lowest BCUT2D eigenvalue weighted by Gasteiger charge is -2.39. The number of nitrogens with one attached hydrogen (secondary N) is 1. The van der Waals surface area contributed by atoms with E-state index in [-0.39, 0.29) is 22.8 Å². The van der Waals surface area contributed by atoms with E-state index in [9.17, 15) is 12.8 Å². The average molecular weight is 299 g/mol. The molecule has 0 radical (unpaired) electrons. The molecule has 1 N–H and O–H groups in total. The highest BCUT2D eigenvalue weighted by Gasteiger charge is 2.35. The number of sulfone groups is 1. The van der Waals surface area contributed by atoms with Gasteiger partial charge in [-0.2, -0.15) is 0 Å². The Morgan fingerprint density at radius 1 is 1.35 bits per heavy atom. The van der Waals surface area contributed by atoms with Gasteiger partial charge in [0.1, 0.15) is 5.82 Å². The van der Waals surface area contributed by atoms with Crippen molar-refractivity contribution in [1.29, 1.82) is 0 Å². The molecule has 0 aromatic heterocycles. The predicted octanol–water partition coefficient (Wildman–Crippen LogP) is 1.81. The highest BCUT2D eigenvalue weighted by atomic mass is 32.2. The monoisotopic (exact) mass is 299 g/mol. The molecule has 3 rings (SSSR count). The fourth-order valence-corrected chi connectivity index (χ4v) is 4.57. The molecule has 0 bridgehead atoms. The van der Waals surface area contributed by atoms with E-state index in [0.29, 0.717) is 18.0 Å². The van der Waals surface area contributed by atoms with Gasteiger partial charge in [0, 0.05) is 19.2 Å². The number of fused-ring (bicyclic) bond motifs is 1. The Morgan fingerprint density at radius 2 is 2.10 bits per heavy atom. The van der Waals surface area contributed by atoms with Crippen LogP contribution in [0.25, 0.3) is 0 Å². The van der Waals surface area contributed by atoms with E-state index in [1.54, 1.807) is 7.11 Å². The number of rotatable bonds is 3. The lowest BCUT2D eigenvalue weighted by Crippen LogP contribution is -2.47. The van der Waals surface area contributed by atoms with E-state index < -0.39 is 15.7 Å². The maximum Gasteiger partial charge on any atom is 0.178 e. The van der Waals surface area contributed by atoms with Gasteiger partial charge in [0.25, 0.3) is 0 Å². The average Bonchev–Trinajstić information content (AvgIpc) is 2.35. The molecule has 0 spiro atoms. The maximum absolute atomic E-state index is 13.4. The third kappa shape index (κ3) is 2.47. The van der Waals surface area contributed by atoms with Crippen LogP contribution in [0.4, 0.5) is 4.39 Å². The third-order valence-electron chi connectivity index (χ3n) is 4.22. The fourth-order valence-electron chi connectivity index (χ4n) is 2.97. The second-order valence-corrected chi connectivity index (χ2v) is 7.61. The molecule has 1 aliphatic heterocycles. The molecule has 0 saturated heterocycles. The summed E-state index contributed by atoms with van der Waals surface area (Å²) in [4.78, 5) is 0.269. The zero-order valence-corrected chi connectivity index (χ0v) is 12.1. The normalized spacial score (nSPS) is 31.4. The molecule has 20 heavy (non-hydrogen) atoms. The zero-order valence-electron chi connectivity index (χ0n) is 11.3. The standard InChI is InChI=1S/C14H18FNO3S/c1-19-11-7-10(8-11)16-13-4-5-20(17,18)14-3-2-9(15)6-12(13)14/h2-3,6,10-11,13,16H,4-5,7-8H2,1H3. The van der Waals surface area contributed by atoms with Gasteiger partial charge in [-0.15, -0.1) is 0 Å². The molecule has 1 aromatic rings. The Bertz CT molecular complexity index is 611. The Kier molecular flexibility index (Phi) is 3.56. The highest BCUT2D eigenvalue weighted by Crippen LogP contribution is 2.35. The van der Waals surface area contributed by atoms with Crippen molar-refractivity contribution in [3.63, 3.8) is 0 Å². The van der Waals surface area contributed by atoms with E-state index in [1.807, 2.05) is 0 Å². The Balaban J connectivity index is 1.82. The molecule has 1 aliphatic carbocycles. The summed E-state index contributed by atoms with van der Waals surface area (Å²) in [5.41, 5.74) is 0.567. The van der Waals surface area contributed by atoms with Gasteiger partial charge < -0.3 is 10.1 Å². The molecule has 0 amide bonds. The first-order valence-electron chi connectivity index (χ1n) is 6.80. The first kappa shape index (κ1) is 14.0. The molecular weight excluding hydrogens is 281 g/mol. The minimum absolute atomic E-state index is 0.0907. The van der Waals surface area contributed by atoms with E-state index in [1.165, 1.54) is 18.2 Å². The van der Waals surface area contributed by atoms with E-state index in [4.69, 9.17) is 4.74 Å². The third-order valence-corrected chi connectivity index (χ3v) is 6.04. The van der Waals surface area contributed by atoms with Crippen LogP contribution in [0.5, 0.6) is 0 Å². The Labute approximate surface area is 118 Å². The zero-order chi connectivity index (χ0) is 14.3. The molecular formula is C14H18FNO3S. The van der Waals surface area contributed by atoms with Crippen molar-refractivity contribution in [2.45, 2.75) is 42.3 Å². The predicted molar refractivity (Wildman–Crippen MR) is 72.8 cm³/mol. The maximum atomic E-state index is 13.4. The highest BCUT2D eigenvalue weighted by molar-refractivity contribution is 7.91. The van der Waals surface area contributed by atoms with Gasteiger partial charge in [0.05, 0.1) is 16.8 Å². The van der Waals surface area contributed by atoms with Crippen molar-refractivity contribution >= 4 is 9.84 Å². The van der Waals surface area contributed by atoms with E-state index in [0.717, 1.165) is 12.8 Å². The molecule has 110 valence electrons. The summed E-state index contributed by atoms with van der Waals surface area (Å²) in [7, 11) is -1.57. The van der Waals surface area contributed by atoms with Crippen LogP contribution in [0.15, 0.2) is 23.1 Å². The fraction of sp³-hybridized carbons (Fsp3) is 0.571. The van der Waals surface area contributed by atoms with Crippen molar-refractivity contribution in [2.75, 3.05) is 12.9 Å². The van der Waals surface area contributed by atoms with Gasteiger partial charge in [-0.3, -0.25) is 0 Å². The van der Waals surface area contributed by atoms with E-state index >= 15 is 0 Å². The molecule has 1 atom stereocenters. The number of benzene rings is 1. The van der Waals surface area contributed by atoms with Gasteiger partial charge in [0.2, 0.25) is 0 Å². The van der Waals surface area contributed by atoms with E-state index in [2.05, 4.69) is 5.32 Å². The van der Waals surface area contributed by atoms with Crippen molar-refractivity contribution in [3.8, 4) is 0 Å². The van der Waals surface area contributed by atoms with Gasteiger partial charge >= 0.3 is 0 Å². The van der Waals surface area contributed by atoms with Crippen molar-refractivity contribution in [3.05, 3.63) is 29.6 Å². The molecule has 1 heterocycles. The van der Waals surface area contributed by atoms with Crippen molar-refractivity contribution in [2.24, 2.45) is 0 Å². The summed E-state index contributed by atoms with van der Waals surface area (Å²) in [6, 6.07) is 4.17. The molecule has 1 unspecified atom stereocenters. The quantitative estimate of drug-likeness (QED) is 0.865. The van der Waals surface area contributed by atoms with Crippen LogP contribution in [0.2, 0.25) is 0 Å². The summed E-state index contributed by atoms with van der Waals surface area (Å²) in [6.45, 7) is 0. The summed E-state index contributed by atoms with van der Waals surface area (Å²) < 4.78 is 42.7. The number of halogens is 1. The Hall–Kier alpha value is -0.980. The summed E-state index contributed by atoms with van der Waals surface area (Å²) in [6.07, 6.45) is 2.62. The second kappa shape index (κ2) is 5.09. The summed E-state index contributed by atoms with van der Waals surface area (Å²) in [5.74, 6) is -0.278. The lowest BCUT2D eigenvalue weighted by atomic mass is 9.87. The molecule has 1 saturated carbocycles. The first-order valence-corrected chi connectivity index (χ1v) is 8.46. The topological polar surface area (TPSA) is 55.4 Å². The summed E-state index contributed by atoms with van der Waals surface area (Å²) in [5, 5.41) is 3.43. The van der Waals surface area contributed by atoms with Gasteiger partial charge in [0.15, 0.2) is 9.84 Å². The van der Waals surface area contributed by atoms with Crippen molar-refractivity contribution in [1.82, 2.24) is 5.32 Å². The number of ether oxygens (including phenoxy) is 1. The van der Waals surface area contributed by atoms with Crippen LogP contribution in [0, 0.1) is 5.82 Å². The molecule has 1 fully saturated rings. The lowest BCUT2D eigenvalue weighted by molar-refractivity contribution is 0.0138. The van der Waals surface area contributed by atoms with Crippen LogP contribution >= 0.6 is 0 Å². The van der Waals surface area contributed by atoms with Crippen LogP contribution in [0.3, 0.4) is 0 Å². The Morgan fingerprint density at radius 3 is 2.80 bits per heavy atom. The molecule has 1 aromatic carbocycles. The molecule has 6 heteroatoms. The van der Waals surface area contributed by atoms with Crippen LogP contribution in [-0.2, 0) is 14.6 Å². The van der Waals surface area contributed by atoms with Crippen LogP contribution < -0.4 is 5.32 Å². The number of hydrogen-bond donors (Lipinski definition) is 1. The molecule has 4 nitrogen and oxygen atoms in total. The summed E-state index contributed by atoms with van der Waals surface area (Å²) >= 11 is 0. The minimum Gasteiger partial charge on any atom is -0.381 e. The number of hydrogen-bond acceptors (Lipinski definition) is 4. The SMILES string of the molecule is COC1CC(NC2CCS(=O)(=O)c3ccc(F)cc32)C1. The minimum atomic E-state index is -3.26. The van der Waals surface area contributed by atoms with Gasteiger partial charge in [-0.05, 0) is 43.0 Å². The molecule has 2 aliphatic rings. The van der Waals surface area contributed by atoms with Crippen LogP contribution in [-0.4, -0.2) is 33.4 Å². The van der Waals surface area contributed by atoms with Crippen LogP contribution in [0.1, 0.15) is 30.9 Å².